The van der Waals surface area contributed by atoms with Crippen molar-refractivity contribution in [2.24, 2.45) is 16.6 Å². The molecule has 1 atom stereocenters. The van der Waals surface area contributed by atoms with Crippen LogP contribution in [0.5, 0.6) is 0 Å². The number of aliphatic imine (C=N–C) groups is 1. The molecule has 4 nitrogen and oxygen atoms in total. The highest BCUT2D eigenvalue weighted by molar-refractivity contribution is 5.78. The molecule has 3 N–H and O–H groups in total. The third-order valence-electron chi connectivity index (χ3n) is 5.26. The Hall–Kier alpha value is -0.770. The van der Waals surface area contributed by atoms with Crippen molar-refractivity contribution in [3.05, 3.63) is 0 Å². The number of hydrogen-bond acceptors (Lipinski definition) is 2. The molecule has 0 aliphatic heterocycles. The van der Waals surface area contributed by atoms with Gasteiger partial charge in [-0.3, -0.25) is 4.99 Å². The Morgan fingerprint density at radius 1 is 1.05 bits per heavy atom. The van der Waals surface area contributed by atoms with E-state index in [1.54, 1.807) is 0 Å². The molecule has 0 heterocycles. The van der Waals surface area contributed by atoms with E-state index < -0.39 is 0 Å². The quantitative estimate of drug-likeness (QED) is 0.605. The average molecular weight is 294 g/mol. The number of nitrogens with two attached hydrogens (primary N) is 1. The molecule has 0 radical (unpaired) electrons. The van der Waals surface area contributed by atoms with Gasteiger partial charge in [0.15, 0.2) is 5.96 Å². The van der Waals surface area contributed by atoms with Gasteiger partial charge in [0.1, 0.15) is 0 Å². The zero-order valence-corrected chi connectivity index (χ0v) is 14.0. The van der Waals surface area contributed by atoms with Crippen LogP contribution in [0.3, 0.4) is 0 Å². The van der Waals surface area contributed by atoms with Crippen molar-refractivity contribution in [2.45, 2.75) is 76.3 Å². The van der Waals surface area contributed by atoms with Crippen LogP contribution in [0.1, 0.15) is 64.2 Å². The molecule has 2 fully saturated rings. The zero-order chi connectivity index (χ0) is 15.1. The molecule has 122 valence electrons. The van der Waals surface area contributed by atoms with E-state index in [1.807, 2.05) is 0 Å². The lowest BCUT2D eigenvalue weighted by molar-refractivity contribution is 0.176. The second-order valence-corrected chi connectivity index (χ2v) is 7.13. The minimum atomic E-state index is 0.539. The molecule has 2 rings (SSSR count). The SMILES string of the molecule is CN(C)C(CN=C(N)NC1CCCCC1)C1CCCCC1. The van der Waals surface area contributed by atoms with Crippen LogP contribution in [0.25, 0.3) is 0 Å². The van der Waals surface area contributed by atoms with Crippen LogP contribution in [0.2, 0.25) is 0 Å². The molecule has 0 bridgehead atoms. The van der Waals surface area contributed by atoms with E-state index in [0.717, 1.165) is 12.5 Å². The van der Waals surface area contributed by atoms with Crippen LogP contribution in [0.4, 0.5) is 0 Å². The lowest BCUT2D eigenvalue weighted by Gasteiger charge is -2.34. The van der Waals surface area contributed by atoms with E-state index in [4.69, 9.17) is 5.73 Å². The maximum atomic E-state index is 6.10. The first-order chi connectivity index (χ1) is 10.2. The second-order valence-electron chi connectivity index (χ2n) is 7.13. The van der Waals surface area contributed by atoms with Gasteiger partial charge in [-0.25, -0.2) is 0 Å². The van der Waals surface area contributed by atoms with Gasteiger partial charge in [0.25, 0.3) is 0 Å². The maximum absolute atomic E-state index is 6.10. The van der Waals surface area contributed by atoms with Crippen molar-refractivity contribution in [1.29, 1.82) is 0 Å². The van der Waals surface area contributed by atoms with Crippen molar-refractivity contribution in [2.75, 3.05) is 20.6 Å². The van der Waals surface area contributed by atoms with Gasteiger partial charge in [-0.2, -0.15) is 0 Å². The highest BCUT2D eigenvalue weighted by Crippen LogP contribution is 2.28. The molecule has 4 heteroatoms. The largest absolute Gasteiger partial charge is 0.370 e. The van der Waals surface area contributed by atoms with Gasteiger partial charge in [-0.1, -0.05) is 38.5 Å². The maximum Gasteiger partial charge on any atom is 0.188 e. The van der Waals surface area contributed by atoms with Crippen LogP contribution in [-0.2, 0) is 0 Å². The Morgan fingerprint density at radius 2 is 1.62 bits per heavy atom. The second kappa shape index (κ2) is 8.62. The van der Waals surface area contributed by atoms with E-state index in [1.165, 1.54) is 64.2 Å². The van der Waals surface area contributed by atoms with Crippen LogP contribution in [-0.4, -0.2) is 43.6 Å². The van der Waals surface area contributed by atoms with Gasteiger partial charge >= 0.3 is 0 Å². The minimum Gasteiger partial charge on any atom is -0.370 e. The molecule has 0 aromatic rings. The van der Waals surface area contributed by atoms with E-state index in [9.17, 15) is 0 Å². The fourth-order valence-electron chi connectivity index (χ4n) is 3.95. The van der Waals surface area contributed by atoms with E-state index in [2.05, 4.69) is 29.3 Å². The summed E-state index contributed by atoms with van der Waals surface area (Å²) in [6.45, 7) is 0.837. The number of guanidine groups is 1. The molecule has 2 aliphatic rings. The molecule has 21 heavy (non-hydrogen) atoms. The van der Waals surface area contributed by atoms with Crippen LogP contribution < -0.4 is 11.1 Å². The molecule has 0 amide bonds. The summed E-state index contributed by atoms with van der Waals surface area (Å²) in [7, 11) is 4.36. The summed E-state index contributed by atoms with van der Waals surface area (Å²) < 4.78 is 0. The van der Waals surface area contributed by atoms with Gasteiger partial charge < -0.3 is 16.0 Å². The number of rotatable bonds is 5. The van der Waals surface area contributed by atoms with Gasteiger partial charge in [-0.05, 0) is 45.7 Å². The summed E-state index contributed by atoms with van der Waals surface area (Å²) in [6.07, 6.45) is 13.4. The molecule has 2 saturated carbocycles. The van der Waals surface area contributed by atoms with Crippen LogP contribution in [0, 0.1) is 5.92 Å². The Kier molecular flexibility index (Phi) is 6.81. The van der Waals surface area contributed by atoms with Gasteiger partial charge in [0, 0.05) is 12.1 Å². The summed E-state index contributed by atoms with van der Waals surface area (Å²) in [5, 5.41) is 3.43. The van der Waals surface area contributed by atoms with Crippen molar-refractivity contribution < 1.29 is 0 Å². The van der Waals surface area contributed by atoms with Crippen LogP contribution >= 0.6 is 0 Å². The van der Waals surface area contributed by atoms with E-state index in [-0.39, 0.29) is 0 Å². The number of nitrogens with one attached hydrogen (secondary N) is 1. The fourth-order valence-corrected chi connectivity index (χ4v) is 3.95. The van der Waals surface area contributed by atoms with E-state index in [0.29, 0.717) is 18.0 Å². The first kappa shape index (κ1) is 16.6. The molecule has 0 aromatic heterocycles. The van der Waals surface area contributed by atoms with Crippen molar-refractivity contribution in [3.63, 3.8) is 0 Å². The molecule has 0 aromatic carbocycles. The Bertz CT molecular complexity index is 315. The predicted molar refractivity (Wildman–Crippen MR) is 90.5 cm³/mol. The van der Waals surface area contributed by atoms with Gasteiger partial charge in [-0.15, -0.1) is 0 Å². The summed E-state index contributed by atoms with van der Waals surface area (Å²) >= 11 is 0. The Morgan fingerprint density at radius 3 is 2.19 bits per heavy atom. The Labute approximate surface area is 130 Å². The van der Waals surface area contributed by atoms with E-state index >= 15 is 0 Å². The summed E-state index contributed by atoms with van der Waals surface area (Å²) in [4.78, 5) is 7.00. The molecule has 0 spiro atoms. The number of likely N-dealkylation sites (N-methyl/N-ethyl adjacent to an activating group) is 1. The third-order valence-corrected chi connectivity index (χ3v) is 5.26. The zero-order valence-electron chi connectivity index (χ0n) is 14.0. The lowest BCUT2D eigenvalue weighted by atomic mass is 9.83. The highest BCUT2D eigenvalue weighted by Gasteiger charge is 2.25. The van der Waals surface area contributed by atoms with Crippen molar-refractivity contribution in [3.8, 4) is 0 Å². The average Bonchev–Trinajstić information content (AvgIpc) is 2.49. The normalized spacial score (nSPS) is 24.2. The topological polar surface area (TPSA) is 53.6 Å². The molecular formula is C17H34N4. The number of hydrogen-bond donors (Lipinski definition) is 2. The fraction of sp³-hybridized carbons (Fsp3) is 0.941. The summed E-state index contributed by atoms with van der Waals surface area (Å²) in [5.74, 6) is 1.45. The van der Waals surface area contributed by atoms with Gasteiger partial charge in [0.2, 0.25) is 0 Å². The molecule has 0 saturated heterocycles. The summed E-state index contributed by atoms with van der Waals surface area (Å²) in [5.41, 5.74) is 6.10. The monoisotopic (exact) mass is 294 g/mol. The minimum absolute atomic E-state index is 0.539. The number of nitrogens with zero attached hydrogens (tertiary/aromatic N) is 2. The first-order valence-corrected chi connectivity index (χ1v) is 8.89. The lowest BCUT2D eigenvalue weighted by Crippen LogP contribution is -2.43. The van der Waals surface area contributed by atoms with Crippen LogP contribution in [0.15, 0.2) is 4.99 Å². The summed E-state index contributed by atoms with van der Waals surface area (Å²) in [6, 6.07) is 1.09. The first-order valence-electron chi connectivity index (χ1n) is 8.89. The van der Waals surface area contributed by atoms with Crippen molar-refractivity contribution in [1.82, 2.24) is 10.2 Å². The smallest absolute Gasteiger partial charge is 0.188 e. The predicted octanol–water partition coefficient (Wildman–Crippen LogP) is 2.73. The van der Waals surface area contributed by atoms with Gasteiger partial charge in [0.05, 0.1) is 6.54 Å². The van der Waals surface area contributed by atoms with Crippen molar-refractivity contribution >= 4 is 5.96 Å². The Balaban J connectivity index is 1.82. The highest BCUT2D eigenvalue weighted by atomic mass is 15.2. The third kappa shape index (κ3) is 5.50. The molecular weight excluding hydrogens is 260 g/mol. The molecule has 1 unspecified atom stereocenters. The standard InChI is InChI=1S/C17H34N4/c1-21(2)16(14-9-5-3-6-10-14)13-19-17(18)20-15-11-7-4-8-12-15/h14-16H,3-13H2,1-2H3,(H3,18,19,20). The molecule has 2 aliphatic carbocycles.